The molecule has 2 aliphatic heterocycles. The molecule has 3 aromatic rings. The molecule has 2 saturated heterocycles. The van der Waals surface area contributed by atoms with Crippen LogP contribution in [0, 0.1) is 0 Å². The Morgan fingerprint density at radius 1 is 1.03 bits per heavy atom. The van der Waals surface area contributed by atoms with Crippen LogP contribution in [0.15, 0.2) is 54.6 Å². The van der Waals surface area contributed by atoms with Crippen molar-refractivity contribution in [1.29, 1.82) is 0 Å². The summed E-state index contributed by atoms with van der Waals surface area (Å²) in [6.07, 6.45) is 0.936. The van der Waals surface area contributed by atoms with Gasteiger partial charge in [0.25, 0.3) is 5.91 Å². The second kappa shape index (κ2) is 8.53. The molecule has 1 aromatic heterocycles. The molecule has 2 atom stereocenters. The van der Waals surface area contributed by atoms with E-state index in [2.05, 4.69) is 27.8 Å². The third-order valence-electron chi connectivity index (χ3n) is 6.15. The maximum atomic E-state index is 13.0. The molecule has 0 bridgehead atoms. The Morgan fingerprint density at radius 3 is 2.65 bits per heavy atom. The largest absolute Gasteiger partial charge is 0.378 e. The topological polar surface area (TPSA) is 86.5 Å². The van der Waals surface area contributed by atoms with E-state index in [9.17, 15) is 9.59 Å². The molecule has 0 aliphatic carbocycles. The van der Waals surface area contributed by atoms with Crippen LogP contribution in [0.25, 0.3) is 10.9 Å². The highest BCUT2D eigenvalue weighted by molar-refractivity contribution is 6.01. The SMILES string of the molecule is O=C(Nc1ccc2[nH]c(C(=O)N3CCOCC3)cc2c1)[C@H]1NCC[C@@H]1c1ccccc1. The Labute approximate surface area is 180 Å². The van der Waals surface area contributed by atoms with Gasteiger partial charge in [-0.25, -0.2) is 0 Å². The molecule has 0 saturated carbocycles. The fourth-order valence-corrected chi connectivity index (χ4v) is 4.52. The number of rotatable bonds is 4. The molecule has 2 amide bonds. The summed E-state index contributed by atoms with van der Waals surface area (Å²) in [5.74, 6) is 0.103. The van der Waals surface area contributed by atoms with E-state index in [1.165, 1.54) is 5.56 Å². The van der Waals surface area contributed by atoms with Gasteiger partial charge in [-0.15, -0.1) is 0 Å². The number of aromatic amines is 1. The number of aromatic nitrogens is 1. The highest BCUT2D eigenvalue weighted by atomic mass is 16.5. The summed E-state index contributed by atoms with van der Waals surface area (Å²) in [5.41, 5.74) is 3.33. The average molecular weight is 418 g/mol. The summed E-state index contributed by atoms with van der Waals surface area (Å²) < 4.78 is 5.33. The quantitative estimate of drug-likeness (QED) is 0.608. The van der Waals surface area contributed by atoms with Crippen molar-refractivity contribution in [3.63, 3.8) is 0 Å². The summed E-state index contributed by atoms with van der Waals surface area (Å²) in [6.45, 7) is 3.17. The predicted octanol–water partition coefficient (Wildman–Crippen LogP) is 2.72. The standard InChI is InChI=1S/C24H26N4O3/c29-23(22-19(8-9-25-22)16-4-2-1-3-5-16)26-18-6-7-20-17(14-18)15-21(27-20)24(30)28-10-12-31-13-11-28/h1-7,14-15,19,22,25,27H,8-13H2,(H,26,29)/t19-,22+/m1/s1. The van der Waals surface area contributed by atoms with Crippen LogP contribution in [0.2, 0.25) is 0 Å². The van der Waals surface area contributed by atoms with Crippen molar-refractivity contribution in [2.24, 2.45) is 0 Å². The van der Waals surface area contributed by atoms with Gasteiger partial charge in [0.2, 0.25) is 5.91 Å². The Bertz CT molecular complexity index is 1090. The van der Waals surface area contributed by atoms with Crippen molar-refractivity contribution in [3.05, 3.63) is 65.9 Å². The lowest BCUT2D eigenvalue weighted by atomic mass is 9.91. The molecule has 3 heterocycles. The smallest absolute Gasteiger partial charge is 0.270 e. The fraction of sp³-hybridized carbons (Fsp3) is 0.333. The lowest BCUT2D eigenvalue weighted by Crippen LogP contribution is -2.40. The molecule has 0 spiro atoms. The minimum absolute atomic E-state index is 0.0223. The van der Waals surface area contributed by atoms with Crippen molar-refractivity contribution in [2.45, 2.75) is 18.4 Å². The molecule has 0 radical (unpaired) electrons. The molecule has 2 fully saturated rings. The van der Waals surface area contributed by atoms with Gasteiger partial charge in [0.15, 0.2) is 0 Å². The van der Waals surface area contributed by atoms with Crippen molar-refractivity contribution >= 4 is 28.4 Å². The maximum absolute atomic E-state index is 13.0. The van der Waals surface area contributed by atoms with Gasteiger partial charge in [-0.1, -0.05) is 30.3 Å². The van der Waals surface area contributed by atoms with Gasteiger partial charge in [0, 0.05) is 35.6 Å². The second-order valence-electron chi connectivity index (χ2n) is 8.12. The molecular formula is C24H26N4O3. The van der Waals surface area contributed by atoms with E-state index < -0.39 is 0 Å². The number of hydrogen-bond acceptors (Lipinski definition) is 4. The van der Waals surface area contributed by atoms with Crippen LogP contribution in [0.4, 0.5) is 5.69 Å². The van der Waals surface area contributed by atoms with Crippen molar-refractivity contribution in [1.82, 2.24) is 15.2 Å². The molecule has 7 nitrogen and oxygen atoms in total. The van der Waals surface area contributed by atoms with E-state index in [0.29, 0.717) is 32.0 Å². The number of morpholine rings is 1. The second-order valence-corrected chi connectivity index (χ2v) is 8.12. The van der Waals surface area contributed by atoms with Crippen LogP contribution >= 0.6 is 0 Å². The first-order valence-electron chi connectivity index (χ1n) is 10.8. The number of benzene rings is 2. The van der Waals surface area contributed by atoms with Crippen LogP contribution < -0.4 is 10.6 Å². The number of ether oxygens (including phenoxy) is 1. The van der Waals surface area contributed by atoms with E-state index in [0.717, 1.165) is 29.6 Å². The zero-order valence-electron chi connectivity index (χ0n) is 17.3. The molecule has 0 unspecified atom stereocenters. The molecular weight excluding hydrogens is 392 g/mol. The molecule has 160 valence electrons. The van der Waals surface area contributed by atoms with Crippen LogP contribution in [0.5, 0.6) is 0 Å². The molecule has 31 heavy (non-hydrogen) atoms. The lowest BCUT2D eigenvalue weighted by Gasteiger charge is -2.26. The van der Waals surface area contributed by atoms with Crippen LogP contribution in [0.1, 0.15) is 28.4 Å². The highest BCUT2D eigenvalue weighted by Crippen LogP contribution is 2.29. The van der Waals surface area contributed by atoms with Gasteiger partial charge in [-0.05, 0) is 42.8 Å². The summed E-state index contributed by atoms with van der Waals surface area (Å²) >= 11 is 0. The summed E-state index contributed by atoms with van der Waals surface area (Å²) in [5, 5.41) is 7.29. The summed E-state index contributed by atoms with van der Waals surface area (Å²) in [6, 6.07) is 17.4. The van der Waals surface area contributed by atoms with Gasteiger partial charge >= 0.3 is 0 Å². The van der Waals surface area contributed by atoms with Crippen molar-refractivity contribution in [2.75, 3.05) is 38.2 Å². The first-order chi connectivity index (χ1) is 15.2. The first-order valence-corrected chi connectivity index (χ1v) is 10.8. The molecule has 5 rings (SSSR count). The third kappa shape index (κ3) is 4.06. The number of fused-ring (bicyclic) bond motifs is 1. The highest BCUT2D eigenvalue weighted by Gasteiger charge is 2.33. The van der Waals surface area contributed by atoms with E-state index in [-0.39, 0.29) is 23.8 Å². The zero-order chi connectivity index (χ0) is 21.2. The van der Waals surface area contributed by atoms with Gasteiger partial charge in [0.05, 0.1) is 19.3 Å². The Balaban J connectivity index is 1.31. The first kappa shape index (κ1) is 19.8. The predicted molar refractivity (Wildman–Crippen MR) is 119 cm³/mol. The summed E-state index contributed by atoms with van der Waals surface area (Å²) in [7, 11) is 0. The summed E-state index contributed by atoms with van der Waals surface area (Å²) in [4.78, 5) is 30.7. The third-order valence-corrected chi connectivity index (χ3v) is 6.15. The number of carbonyl (C=O) groups excluding carboxylic acids is 2. The van der Waals surface area contributed by atoms with E-state index in [1.807, 2.05) is 42.5 Å². The van der Waals surface area contributed by atoms with Crippen molar-refractivity contribution < 1.29 is 14.3 Å². The minimum atomic E-state index is -0.261. The monoisotopic (exact) mass is 418 g/mol. The van der Waals surface area contributed by atoms with E-state index in [4.69, 9.17) is 4.74 Å². The van der Waals surface area contributed by atoms with E-state index in [1.54, 1.807) is 4.90 Å². The van der Waals surface area contributed by atoms with Crippen LogP contribution in [0.3, 0.4) is 0 Å². The number of anilines is 1. The van der Waals surface area contributed by atoms with Gasteiger partial charge < -0.3 is 25.3 Å². The fourth-order valence-electron chi connectivity index (χ4n) is 4.52. The van der Waals surface area contributed by atoms with Gasteiger partial charge in [0.1, 0.15) is 5.69 Å². The van der Waals surface area contributed by atoms with Gasteiger partial charge in [-0.3, -0.25) is 9.59 Å². The minimum Gasteiger partial charge on any atom is -0.378 e. The Morgan fingerprint density at radius 2 is 1.84 bits per heavy atom. The number of hydrogen-bond donors (Lipinski definition) is 3. The maximum Gasteiger partial charge on any atom is 0.270 e. The molecule has 2 aliphatic rings. The Kier molecular flexibility index (Phi) is 5.44. The van der Waals surface area contributed by atoms with E-state index >= 15 is 0 Å². The van der Waals surface area contributed by atoms with Crippen molar-refractivity contribution in [3.8, 4) is 0 Å². The number of carbonyl (C=O) groups is 2. The number of nitrogens with one attached hydrogen (secondary N) is 3. The molecule has 2 aromatic carbocycles. The molecule has 3 N–H and O–H groups in total. The average Bonchev–Trinajstić information content (AvgIpc) is 3.47. The number of nitrogens with zero attached hydrogens (tertiary/aromatic N) is 1. The Hall–Kier alpha value is -3.16. The lowest BCUT2D eigenvalue weighted by molar-refractivity contribution is -0.118. The number of H-pyrrole nitrogens is 1. The molecule has 7 heteroatoms. The zero-order valence-corrected chi connectivity index (χ0v) is 17.3. The van der Waals surface area contributed by atoms with Crippen LogP contribution in [-0.2, 0) is 9.53 Å². The normalized spacial score (nSPS) is 21.4. The number of amides is 2. The van der Waals surface area contributed by atoms with Gasteiger partial charge in [-0.2, -0.15) is 0 Å². The van der Waals surface area contributed by atoms with Crippen LogP contribution in [-0.4, -0.2) is 60.6 Å².